The number of hydrogen-bond acceptors (Lipinski definition) is 4. The van der Waals surface area contributed by atoms with E-state index in [9.17, 15) is 19.2 Å². The first kappa shape index (κ1) is 17.7. The molecule has 3 aliphatic rings. The van der Waals surface area contributed by atoms with Crippen LogP contribution >= 0.6 is 0 Å². The van der Waals surface area contributed by atoms with Crippen molar-refractivity contribution in [2.24, 2.45) is 11.8 Å². The Bertz CT molecular complexity index is 864. The average molecular weight is 369 g/mol. The van der Waals surface area contributed by atoms with Crippen molar-refractivity contribution in [1.82, 2.24) is 14.7 Å². The lowest BCUT2D eigenvalue weighted by Crippen LogP contribution is -2.68. The molecule has 7 nitrogen and oxygen atoms in total. The molecule has 27 heavy (non-hydrogen) atoms. The fraction of sp³-hybridized carbons (Fsp3) is 0.500. The van der Waals surface area contributed by atoms with Gasteiger partial charge in [-0.2, -0.15) is 0 Å². The molecule has 3 heterocycles. The van der Waals surface area contributed by atoms with Crippen LogP contribution in [0.1, 0.15) is 29.3 Å². The van der Waals surface area contributed by atoms with Crippen molar-refractivity contribution in [3.63, 3.8) is 0 Å². The number of rotatable bonds is 2. The summed E-state index contributed by atoms with van der Waals surface area (Å²) in [5.74, 6) is -2.68. The molecule has 1 aromatic rings. The fourth-order valence-corrected chi connectivity index (χ4v) is 5.17. The van der Waals surface area contributed by atoms with E-state index in [2.05, 4.69) is 0 Å². The molecule has 3 fully saturated rings. The molecule has 7 heteroatoms. The lowest BCUT2D eigenvalue weighted by molar-refractivity contribution is -0.155. The fourth-order valence-electron chi connectivity index (χ4n) is 5.17. The molecule has 3 saturated heterocycles. The quantitative estimate of drug-likeness (QED) is 0.718. The number of hydrogen-bond donors (Lipinski definition) is 0. The van der Waals surface area contributed by atoms with Crippen molar-refractivity contribution < 1.29 is 19.2 Å². The van der Waals surface area contributed by atoms with Crippen molar-refractivity contribution in [2.45, 2.75) is 31.8 Å². The molecule has 0 aliphatic carbocycles. The molecule has 3 aliphatic heterocycles. The maximum atomic E-state index is 13.4. The van der Waals surface area contributed by atoms with Crippen LogP contribution in [0.5, 0.6) is 0 Å². The van der Waals surface area contributed by atoms with Gasteiger partial charge in [-0.25, -0.2) is 0 Å². The van der Waals surface area contributed by atoms with Crippen LogP contribution in [0.3, 0.4) is 0 Å². The van der Waals surface area contributed by atoms with Crippen LogP contribution in [0, 0.1) is 18.8 Å². The number of nitrogens with zero attached hydrogens (tertiary/aromatic N) is 3. The molecular weight excluding hydrogens is 346 g/mol. The van der Waals surface area contributed by atoms with Crippen LogP contribution in [0.25, 0.3) is 0 Å². The third kappa shape index (κ3) is 2.02. The lowest BCUT2D eigenvalue weighted by atomic mass is 9.78. The second-order valence-corrected chi connectivity index (χ2v) is 7.81. The van der Waals surface area contributed by atoms with Gasteiger partial charge in [0.25, 0.3) is 5.91 Å². The van der Waals surface area contributed by atoms with Crippen LogP contribution in [0.15, 0.2) is 24.3 Å². The molecule has 1 aromatic carbocycles. The van der Waals surface area contributed by atoms with E-state index in [1.54, 1.807) is 29.0 Å². The summed E-state index contributed by atoms with van der Waals surface area (Å²) in [4.78, 5) is 56.7. The number of fused-ring (bicyclic) bond motifs is 5. The molecule has 4 rings (SSSR count). The number of likely N-dealkylation sites (N-methyl/N-ethyl adjacent to an activating group) is 1. The second-order valence-electron chi connectivity index (χ2n) is 7.81. The van der Waals surface area contributed by atoms with E-state index in [4.69, 9.17) is 0 Å². The summed E-state index contributed by atoms with van der Waals surface area (Å²) in [5, 5.41) is 0. The van der Waals surface area contributed by atoms with Crippen molar-refractivity contribution in [3.8, 4) is 0 Å². The molecule has 4 atom stereocenters. The number of aryl methyl sites for hydroxylation is 1. The Morgan fingerprint density at radius 1 is 1.11 bits per heavy atom. The number of carbonyl (C=O) groups is 4. The Balaban J connectivity index is 1.89. The largest absolute Gasteiger partial charge is 0.342 e. The van der Waals surface area contributed by atoms with E-state index < -0.39 is 23.4 Å². The minimum Gasteiger partial charge on any atom is -0.342 e. The molecule has 142 valence electrons. The van der Waals surface area contributed by atoms with E-state index in [0.717, 1.165) is 10.5 Å². The highest BCUT2D eigenvalue weighted by molar-refractivity contribution is 6.13. The maximum absolute atomic E-state index is 13.4. The number of benzene rings is 1. The third-order valence-electron chi connectivity index (χ3n) is 6.50. The monoisotopic (exact) mass is 369 g/mol. The summed E-state index contributed by atoms with van der Waals surface area (Å²) in [5.41, 5.74) is 0.189. The van der Waals surface area contributed by atoms with Gasteiger partial charge in [0.2, 0.25) is 17.7 Å². The molecule has 0 spiro atoms. The van der Waals surface area contributed by atoms with Gasteiger partial charge in [0.15, 0.2) is 0 Å². The van der Waals surface area contributed by atoms with Gasteiger partial charge in [-0.3, -0.25) is 24.1 Å². The zero-order valence-electron chi connectivity index (χ0n) is 15.9. The van der Waals surface area contributed by atoms with Gasteiger partial charge in [0.05, 0.1) is 17.9 Å². The van der Waals surface area contributed by atoms with Crippen LogP contribution in [0.4, 0.5) is 0 Å². The summed E-state index contributed by atoms with van der Waals surface area (Å²) in [6, 6.07) is 6.66. The Labute approximate surface area is 157 Å². The Hall–Kier alpha value is -2.70. The molecular formula is C20H23N3O4. The van der Waals surface area contributed by atoms with Crippen LogP contribution in [0.2, 0.25) is 0 Å². The van der Waals surface area contributed by atoms with Crippen LogP contribution in [-0.4, -0.2) is 70.5 Å². The number of piperazine rings is 1. The Kier molecular flexibility index (Phi) is 3.70. The molecule has 0 unspecified atom stereocenters. The van der Waals surface area contributed by atoms with Gasteiger partial charge >= 0.3 is 0 Å². The predicted molar refractivity (Wildman–Crippen MR) is 96.6 cm³/mol. The standard InChI is InChI=1S/C20H23N3O4/c1-5-20-15-14(17(25)22(4)18(15)26)13(10-21(3)19(20)27)23(20)16(24)12-8-6-11(2)7-9-12/h6-9,13-15H,5,10H2,1-4H3/t13-,14+,15-,20-/m1/s1. The second kappa shape index (κ2) is 5.65. The highest BCUT2D eigenvalue weighted by atomic mass is 16.2. The van der Waals surface area contributed by atoms with Crippen molar-refractivity contribution >= 4 is 23.6 Å². The molecule has 0 radical (unpaired) electrons. The molecule has 0 aromatic heterocycles. The third-order valence-corrected chi connectivity index (χ3v) is 6.50. The van der Waals surface area contributed by atoms with Crippen molar-refractivity contribution in [1.29, 1.82) is 0 Å². The molecule has 2 bridgehead atoms. The highest BCUT2D eigenvalue weighted by Gasteiger charge is 2.74. The minimum atomic E-state index is -1.30. The maximum Gasteiger partial charge on any atom is 0.255 e. The van der Waals surface area contributed by atoms with Crippen LogP contribution in [-0.2, 0) is 14.4 Å². The summed E-state index contributed by atoms with van der Waals surface area (Å²) in [6.45, 7) is 4.00. The zero-order valence-corrected chi connectivity index (χ0v) is 15.9. The first-order valence-corrected chi connectivity index (χ1v) is 9.23. The van der Waals surface area contributed by atoms with E-state index in [0.29, 0.717) is 5.56 Å². The number of likely N-dealkylation sites (tertiary alicyclic amines) is 2. The molecule has 4 amide bonds. The molecule has 0 saturated carbocycles. The van der Waals surface area contributed by atoms with Gasteiger partial charge in [0.1, 0.15) is 5.54 Å². The normalized spacial score (nSPS) is 32.4. The van der Waals surface area contributed by atoms with E-state index >= 15 is 0 Å². The van der Waals surface area contributed by atoms with Gasteiger partial charge < -0.3 is 9.80 Å². The van der Waals surface area contributed by atoms with Gasteiger partial charge in [-0.1, -0.05) is 24.6 Å². The van der Waals surface area contributed by atoms with E-state index in [1.165, 1.54) is 7.05 Å². The summed E-state index contributed by atoms with van der Waals surface area (Å²) >= 11 is 0. The molecule has 0 N–H and O–H groups in total. The van der Waals surface area contributed by atoms with Gasteiger partial charge in [-0.15, -0.1) is 0 Å². The SMILES string of the molecule is CC[C@]12C(=O)N(C)C[C@H]([C@@H]3C(=O)N(C)C(=O)[C@@H]31)N2C(=O)c1ccc(C)cc1. The summed E-state index contributed by atoms with van der Waals surface area (Å²) in [6.07, 6.45) is 0.290. The van der Waals surface area contributed by atoms with Gasteiger partial charge in [-0.05, 0) is 25.5 Å². The zero-order chi connectivity index (χ0) is 19.7. The van der Waals surface area contributed by atoms with Crippen molar-refractivity contribution in [3.05, 3.63) is 35.4 Å². The Morgan fingerprint density at radius 2 is 1.74 bits per heavy atom. The number of carbonyl (C=O) groups excluding carboxylic acids is 4. The van der Waals surface area contributed by atoms with Crippen LogP contribution < -0.4 is 0 Å². The topological polar surface area (TPSA) is 78.0 Å². The number of amides is 4. The highest BCUT2D eigenvalue weighted by Crippen LogP contribution is 2.53. The summed E-state index contributed by atoms with van der Waals surface area (Å²) in [7, 11) is 3.13. The summed E-state index contributed by atoms with van der Waals surface area (Å²) < 4.78 is 0. The predicted octanol–water partition coefficient (Wildman–Crippen LogP) is 0.671. The first-order valence-electron chi connectivity index (χ1n) is 9.23. The van der Waals surface area contributed by atoms with Crippen molar-refractivity contribution in [2.75, 3.05) is 20.6 Å². The Morgan fingerprint density at radius 3 is 2.33 bits per heavy atom. The lowest BCUT2D eigenvalue weighted by Gasteiger charge is -2.48. The smallest absolute Gasteiger partial charge is 0.255 e. The van der Waals surface area contributed by atoms with E-state index in [1.807, 2.05) is 26.0 Å². The van der Waals surface area contributed by atoms with Gasteiger partial charge in [0, 0.05) is 26.2 Å². The number of imide groups is 1. The minimum absolute atomic E-state index is 0.256. The average Bonchev–Trinajstić information content (AvgIpc) is 3.03. The first-order chi connectivity index (χ1) is 12.8. The van der Waals surface area contributed by atoms with E-state index in [-0.39, 0.29) is 36.6 Å².